The maximum absolute atomic E-state index is 13.6. The Bertz CT molecular complexity index is 1280. The summed E-state index contributed by atoms with van der Waals surface area (Å²) in [6.07, 6.45) is 0. The molecule has 1 aliphatic rings. The summed E-state index contributed by atoms with van der Waals surface area (Å²) in [5, 5.41) is 3.63. The van der Waals surface area contributed by atoms with Crippen LogP contribution in [-0.2, 0) is 9.59 Å². The molecule has 6 heteroatoms. The SMILES string of the molecule is COc1ccc(C)cc1NC1=C(c2ccc(C)c(C)c2)C(=O)N(c2cccc(Cl)c2)C1=O. The van der Waals surface area contributed by atoms with E-state index in [9.17, 15) is 9.59 Å². The number of anilines is 2. The van der Waals surface area contributed by atoms with Crippen LogP contribution in [0.15, 0.2) is 66.4 Å². The Morgan fingerprint density at radius 1 is 0.875 bits per heavy atom. The Kier molecular flexibility index (Phi) is 5.76. The number of imide groups is 1. The molecule has 0 aromatic heterocycles. The summed E-state index contributed by atoms with van der Waals surface area (Å²) in [4.78, 5) is 28.3. The molecule has 0 saturated heterocycles. The molecule has 1 heterocycles. The highest BCUT2D eigenvalue weighted by Gasteiger charge is 2.40. The van der Waals surface area contributed by atoms with Crippen molar-refractivity contribution in [3.63, 3.8) is 0 Å². The molecule has 32 heavy (non-hydrogen) atoms. The minimum absolute atomic E-state index is 0.196. The van der Waals surface area contributed by atoms with Crippen LogP contribution in [0.25, 0.3) is 5.57 Å². The maximum atomic E-state index is 13.6. The average molecular weight is 447 g/mol. The fourth-order valence-corrected chi connectivity index (χ4v) is 3.90. The van der Waals surface area contributed by atoms with Crippen LogP contribution in [0.1, 0.15) is 22.3 Å². The van der Waals surface area contributed by atoms with E-state index < -0.39 is 11.8 Å². The molecule has 4 rings (SSSR count). The smallest absolute Gasteiger partial charge is 0.282 e. The lowest BCUT2D eigenvalue weighted by Gasteiger charge is -2.16. The lowest BCUT2D eigenvalue weighted by molar-refractivity contribution is -0.120. The molecule has 5 nitrogen and oxygen atoms in total. The highest BCUT2D eigenvalue weighted by Crippen LogP contribution is 2.37. The lowest BCUT2D eigenvalue weighted by atomic mass is 9.99. The first-order valence-corrected chi connectivity index (χ1v) is 10.6. The quantitative estimate of drug-likeness (QED) is 0.513. The summed E-state index contributed by atoms with van der Waals surface area (Å²) in [6.45, 7) is 5.93. The zero-order chi connectivity index (χ0) is 23.0. The van der Waals surface area contributed by atoms with Crippen molar-refractivity contribution < 1.29 is 14.3 Å². The van der Waals surface area contributed by atoms with Gasteiger partial charge in [0.1, 0.15) is 11.4 Å². The second-order valence-corrected chi connectivity index (χ2v) is 8.24. The van der Waals surface area contributed by atoms with E-state index in [2.05, 4.69) is 5.32 Å². The van der Waals surface area contributed by atoms with E-state index in [1.807, 2.05) is 57.2 Å². The molecule has 3 aromatic carbocycles. The number of hydrogen-bond donors (Lipinski definition) is 1. The predicted octanol–water partition coefficient (Wildman–Crippen LogP) is 5.67. The predicted molar refractivity (Wildman–Crippen MR) is 128 cm³/mol. The number of carbonyl (C=O) groups excluding carboxylic acids is 2. The average Bonchev–Trinajstić information content (AvgIpc) is 3.00. The third-order valence-corrected chi connectivity index (χ3v) is 5.80. The van der Waals surface area contributed by atoms with E-state index in [0.717, 1.165) is 21.6 Å². The Morgan fingerprint density at radius 3 is 2.34 bits per heavy atom. The van der Waals surface area contributed by atoms with Crippen LogP contribution < -0.4 is 15.0 Å². The normalized spacial score (nSPS) is 13.7. The van der Waals surface area contributed by atoms with Crippen molar-refractivity contribution >= 4 is 40.4 Å². The zero-order valence-electron chi connectivity index (χ0n) is 18.3. The van der Waals surface area contributed by atoms with Gasteiger partial charge in [-0.25, -0.2) is 4.90 Å². The van der Waals surface area contributed by atoms with Crippen molar-refractivity contribution in [2.24, 2.45) is 0 Å². The fraction of sp³-hybridized carbons (Fsp3) is 0.154. The second-order valence-electron chi connectivity index (χ2n) is 7.80. The molecule has 1 aliphatic heterocycles. The lowest BCUT2D eigenvalue weighted by Crippen LogP contribution is -2.32. The van der Waals surface area contributed by atoms with Crippen molar-refractivity contribution in [1.82, 2.24) is 0 Å². The highest BCUT2D eigenvalue weighted by atomic mass is 35.5. The molecular formula is C26H23ClN2O3. The number of methoxy groups -OCH3 is 1. The van der Waals surface area contributed by atoms with Gasteiger partial charge in [0.2, 0.25) is 0 Å². The van der Waals surface area contributed by atoms with Crippen molar-refractivity contribution in [3.8, 4) is 5.75 Å². The standard InChI is InChI=1S/C26H23ClN2O3/c1-15-8-11-22(32-4)21(12-15)28-24-23(18-10-9-16(2)17(3)13-18)25(30)29(26(24)31)20-7-5-6-19(27)14-20/h5-14,28H,1-4H3. The van der Waals surface area contributed by atoms with Crippen LogP contribution in [0.3, 0.4) is 0 Å². The first-order valence-electron chi connectivity index (χ1n) is 10.2. The molecule has 162 valence electrons. The Labute approximate surface area is 192 Å². The fourth-order valence-electron chi connectivity index (χ4n) is 3.71. The Balaban J connectivity index is 1.88. The second kappa shape index (κ2) is 8.52. The summed E-state index contributed by atoms with van der Waals surface area (Å²) in [7, 11) is 1.56. The molecule has 0 aliphatic carbocycles. The first kappa shape index (κ1) is 21.7. The highest BCUT2D eigenvalue weighted by molar-refractivity contribution is 6.46. The molecule has 0 spiro atoms. The number of hydrogen-bond acceptors (Lipinski definition) is 4. The van der Waals surface area contributed by atoms with Gasteiger partial charge in [-0.15, -0.1) is 0 Å². The van der Waals surface area contributed by atoms with Crippen LogP contribution in [0, 0.1) is 20.8 Å². The molecule has 0 bridgehead atoms. The first-order chi connectivity index (χ1) is 15.3. The molecule has 0 atom stereocenters. The van der Waals surface area contributed by atoms with E-state index >= 15 is 0 Å². The number of benzene rings is 3. The number of amides is 2. The number of rotatable bonds is 5. The number of carbonyl (C=O) groups is 2. The molecule has 0 radical (unpaired) electrons. The van der Waals surface area contributed by atoms with Crippen molar-refractivity contribution in [1.29, 1.82) is 0 Å². The molecule has 3 aromatic rings. The topological polar surface area (TPSA) is 58.6 Å². The van der Waals surface area contributed by atoms with Gasteiger partial charge in [-0.2, -0.15) is 0 Å². The van der Waals surface area contributed by atoms with Gasteiger partial charge in [0.05, 0.1) is 24.1 Å². The number of halogens is 1. The third-order valence-electron chi connectivity index (χ3n) is 5.56. The van der Waals surface area contributed by atoms with Crippen LogP contribution in [0.4, 0.5) is 11.4 Å². The van der Waals surface area contributed by atoms with Gasteiger partial charge >= 0.3 is 0 Å². The summed E-state index contributed by atoms with van der Waals surface area (Å²) >= 11 is 6.14. The van der Waals surface area contributed by atoms with Crippen molar-refractivity contribution in [2.75, 3.05) is 17.3 Å². The monoisotopic (exact) mass is 446 g/mol. The van der Waals surface area contributed by atoms with E-state index in [-0.39, 0.29) is 5.70 Å². The van der Waals surface area contributed by atoms with Crippen molar-refractivity contribution in [2.45, 2.75) is 20.8 Å². The van der Waals surface area contributed by atoms with Crippen LogP contribution in [0.5, 0.6) is 5.75 Å². The molecule has 2 amide bonds. The van der Waals surface area contributed by atoms with E-state index in [4.69, 9.17) is 16.3 Å². The van der Waals surface area contributed by atoms with Gasteiger partial charge in [-0.3, -0.25) is 9.59 Å². The van der Waals surface area contributed by atoms with Gasteiger partial charge in [-0.1, -0.05) is 41.9 Å². The van der Waals surface area contributed by atoms with Gasteiger partial charge in [0, 0.05) is 5.02 Å². The summed E-state index contributed by atoms with van der Waals surface area (Å²) in [6, 6.07) is 18.1. The number of nitrogens with one attached hydrogen (secondary N) is 1. The number of ether oxygens (including phenoxy) is 1. The largest absolute Gasteiger partial charge is 0.495 e. The minimum atomic E-state index is -0.450. The summed E-state index contributed by atoms with van der Waals surface area (Å²) < 4.78 is 5.46. The van der Waals surface area contributed by atoms with E-state index in [1.165, 1.54) is 0 Å². The Morgan fingerprint density at radius 2 is 1.66 bits per heavy atom. The molecule has 1 N–H and O–H groups in total. The van der Waals surface area contributed by atoms with Crippen LogP contribution in [-0.4, -0.2) is 18.9 Å². The number of nitrogens with zero attached hydrogens (tertiary/aromatic N) is 1. The molecular weight excluding hydrogens is 424 g/mol. The van der Waals surface area contributed by atoms with Gasteiger partial charge in [0.25, 0.3) is 11.8 Å². The van der Waals surface area contributed by atoms with Gasteiger partial charge in [-0.05, 0) is 73.4 Å². The third kappa shape index (κ3) is 3.87. The van der Waals surface area contributed by atoms with E-state index in [0.29, 0.717) is 33.3 Å². The Hall–Kier alpha value is -3.57. The van der Waals surface area contributed by atoms with Crippen LogP contribution >= 0.6 is 11.6 Å². The van der Waals surface area contributed by atoms with E-state index in [1.54, 1.807) is 31.4 Å². The minimum Gasteiger partial charge on any atom is -0.495 e. The zero-order valence-corrected chi connectivity index (χ0v) is 19.1. The van der Waals surface area contributed by atoms with Crippen molar-refractivity contribution in [3.05, 3.63) is 93.6 Å². The molecule has 0 saturated carbocycles. The summed E-state index contributed by atoms with van der Waals surface area (Å²) in [5.41, 5.74) is 5.33. The maximum Gasteiger partial charge on any atom is 0.282 e. The number of aryl methyl sites for hydroxylation is 3. The van der Waals surface area contributed by atoms with Gasteiger partial charge in [0.15, 0.2) is 0 Å². The van der Waals surface area contributed by atoms with Crippen LogP contribution in [0.2, 0.25) is 5.02 Å². The van der Waals surface area contributed by atoms with Gasteiger partial charge < -0.3 is 10.1 Å². The molecule has 0 unspecified atom stereocenters. The summed E-state index contributed by atoms with van der Waals surface area (Å²) in [5.74, 6) is -0.285. The molecule has 0 fully saturated rings.